The van der Waals surface area contributed by atoms with Crippen LogP contribution in [0, 0.1) is 0 Å². The number of nitrogens with two attached hydrogens (primary N) is 1. The van der Waals surface area contributed by atoms with Gasteiger partial charge in [0.25, 0.3) is 5.91 Å². The molecule has 4 heteroatoms. The second-order valence-electron chi connectivity index (χ2n) is 5.21. The maximum absolute atomic E-state index is 12.8. The summed E-state index contributed by atoms with van der Waals surface area (Å²) >= 11 is 3.44. The summed E-state index contributed by atoms with van der Waals surface area (Å²) < 4.78 is 0.807. The lowest BCUT2D eigenvalue weighted by Gasteiger charge is -2.28. The Hall–Kier alpha value is -1.81. The Kier molecular flexibility index (Phi) is 5.02. The third-order valence-electron chi connectivity index (χ3n) is 3.38. The summed E-state index contributed by atoms with van der Waals surface area (Å²) in [5.41, 5.74) is 8.33. The molecular weight excluding hydrogens is 328 g/mol. The van der Waals surface area contributed by atoms with E-state index in [2.05, 4.69) is 15.9 Å². The number of carbonyl (C=O) groups excluding carboxylic acids is 1. The molecule has 0 saturated carbocycles. The third kappa shape index (κ3) is 3.64. The van der Waals surface area contributed by atoms with E-state index in [-0.39, 0.29) is 11.9 Å². The summed E-state index contributed by atoms with van der Waals surface area (Å²) in [6.07, 6.45) is 0. The Labute approximate surface area is 133 Å². The Morgan fingerprint density at radius 3 is 2.38 bits per heavy atom. The second-order valence-corrected chi connectivity index (χ2v) is 6.06. The minimum absolute atomic E-state index is 0.000674. The highest BCUT2D eigenvalue weighted by Gasteiger charge is 2.21. The number of hydrogen-bond donors (Lipinski definition) is 1. The van der Waals surface area contributed by atoms with Gasteiger partial charge in [0.1, 0.15) is 0 Å². The van der Waals surface area contributed by atoms with Crippen molar-refractivity contribution < 1.29 is 4.79 Å². The van der Waals surface area contributed by atoms with E-state index < -0.39 is 0 Å². The van der Waals surface area contributed by atoms with E-state index in [1.807, 2.05) is 67.3 Å². The summed E-state index contributed by atoms with van der Waals surface area (Å²) in [6, 6.07) is 15.2. The zero-order chi connectivity index (χ0) is 15.4. The van der Waals surface area contributed by atoms with E-state index in [0.29, 0.717) is 17.8 Å². The number of benzene rings is 2. The standard InChI is InChI=1S/C17H19BrN2O/c1-12(2)20(11-13-7-3-6-10-16(13)19)17(21)14-8-4-5-9-15(14)18/h3-10,12H,11,19H2,1-2H3. The van der Waals surface area contributed by atoms with Crippen molar-refractivity contribution in [3.8, 4) is 0 Å². The maximum Gasteiger partial charge on any atom is 0.255 e. The SMILES string of the molecule is CC(C)N(Cc1ccccc1N)C(=O)c1ccccc1Br. The fourth-order valence-electron chi connectivity index (χ4n) is 2.14. The van der Waals surface area contributed by atoms with Crippen LogP contribution in [0.3, 0.4) is 0 Å². The highest BCUT2D eigenvalue weighted by atomic mass is 79.9. The van der Waals surface area contributed by atoms with Gasteiger partial charge in [0.2, 0.25) is 0 Å². The summed E-state index contributed by atoms with van der Waals surface area (Å²) in [5, 5.41) is 0. The number of nitrogens with zero attached hydrogens (tertiary/aromatic N) is 1. The summed E-state index contributed by atoms with van der Waals surface area (Å²) in [7, 11) is 0. The van der Waals surface area contributed by atoms with Gasteiger partial charge < -0.3 is 10.6 Å². The van der Waals surface area contributed by atoms with Gasteiger partial charge in [-0.2, -0.15) is 0 Å². The van der Waals surface area contributed by atoms with Gasteiger partial charge in [-0.25, -0.2) is 0 Å². The van der Waals surface area contributed by atoms with Crippen molar-refractivity contribution in [2.24, 2.45) is 0 Å². The van der Waals surface area contributed by atoms with Gasteiger partial charge in [0.15, 0.2) is 0 Å². The molecular formula is C17H19BrN2O. The van der Waals surface area contributed by atoms with Crippen molar-refractivity contribution in [2.75, 3.05) is 5.73 Å². The van der Waals surface area contributed by atoms with Crippen molar-refractivity contribution >= 4 is 27.5 Å². The molecule has 0 unspecified atom stereocenters. The number of hydrogen-bond acceptors (Lipinski definition) is 2. The quantitative estimate of drug-likeness (QED) is 0.847. The van der Waals surface area contributed by atoms with Crippen LogP contribution < -0.4 is 5.73 Å². The molecule has 0 aliphatic heterocycles. The number of anilines is 1. The van der Waals surface area contributed by atoms with Crippen molar-refractivity contribution in [3.63, 3.8) is 0 Å². The second kappa shape index (κ2) is 6.76. The number of carbonyl (C=O) groups is 1. The first kappa shape index (κ1) is 15.6. The van der Waals surface area contributed by atoms with Gasteiger partial charge in [-0.3, -0.25) is 4.79 Å². The molecule has 2 aromatic rings. The molecule has 0 atom stereocenters. The molecule has 2 rings (SSSR count). The summed E-state index contributed by atoms with van der Waals surface area (Å²) in [5.74, 6) is 0.000674. The van der Waals surface area contributed by atoms with Gasteiger partial charge in [0, 0.05) is 22.7 Å². The van der Waals surface area contributed by atoms with Crippen LogP contribution in [0.25, 0.3) is 0 Å². The Bertz CT molecular complexity index is 640. The predicted molar refractivity (Wildman–Crippen MR) is 90.0 cm³/mol. The van der Waals surface area contributed by atoms with Crippen LogP contribution in [0.15, 0.2) is 53.0 Å². The molecule has 2 N–H and O–H groups in total. The first-order valence-corrected chi connectivity index (χ1v) is 7.69. The third-order valence-corrected chi connectivity index (χ3v) is 4.08. The van der Waals surface area contributed by atoms with E-state index in [0.717, 1.165) is 10.0 Å². The maximum atomic E-state index is 12.8. The summed E-state index contributed by atoms with van der Waals surface area (Å²) in [4.78, 5) is 14.6. The molecule has 0 heterocycles. The molecule has 110 valence electrons. The predicted octanol–water partition coefficient (Wildman–Crippen LogP) is 4.08. The van der Waals surface area contributed by atoms with Crippen molar-refractivity contribution in [2.45, 2.75) is 26.4 Å². The molecule has 0 fully saturated rings. The van der Waals surface area contributed by atoms with Gasteiger partial charge >= 0.3 is 0 Å². The van der Waals surface area contributed by atoms with Crippen LogP contribution in [0.4, 0.5) is 5.69 Å². The van der Waals surface area contributed by atoms with Gasteiger partial charge in [-0.15, -0.1) is 0 Å². The summed E-state index contributed by atoms with van der Waals surface area (Å²) in [6.45, 7) is 4.52. The average molecular weight is 347 g/mol. The van der Waals surface area contributed by atoms with Crippen LogP contribution in [0.2, 0.25) is 0 Å². The van der Waals surface area contributed by atoms with Crippen LogP contribution in [0.1, 0.15) is 29.8 Å². The number of halogens is 1. The fourth-order valence-corrected chi connectivity index (χ4v) is 2.59. The molecule has 0 saturated heterocycles. The molecule has 0 bridgehead atoms. The molecule has 0 aromatic heterocycles. The Balaban J connectivity index is 2.30. The molecule has 0 spiro atoms. The molecule has 2 aromatic carbocycles. The van der Waals surface area contributed by atoms with Gasteiger partial charge in [0.05, 0.1) is 5.56 Å². The molecule has 0 aliphatic carbocycles. The van der Waals surface area contributed by atoms with E-state index in [1.165, 1.54) is 0 Å². The smallest absolute Gasteiger partial charge is 0.255 e. The van der Waals surface area contributed by atoms with E-state index in [4.69, 9.17) is 5.73 Å². The van der Waals surface area contributed by atoms with Crippen LogP contribution >= 0.6 is 15.9 Å². The Morgan fingerprint density at radius 1 is 1.14 bits per heavy atom. The van der Waals surface area contributed by atoms with Gasteiger partial charge in [-0.05, 0) is 53.5 Å². The lowest BCUT2D eigenvalue weighted by molar-refractivity contribution is 0.0690. The molecule has 0 aliphatic rings. The van der Waals surface area contributed by atoms with E-state index in [9.17, 15) is 4.79 Å². The fraction of sp³-hybridized carbons (Fsp3) is 0.235. The monoisotopic (exact) mass is 346 g/mol. The van der Waals surface area contributed by atoms with Crippen LogP contribution in [-0.2, 0) is 6.54 Å². The topological polar surface area (TPSA) is 46.3 Å². The Morgan fingerprint density at radius 2 is 1.76 bits per heavy atom. The van der Waals surface area contributed by atoms with Gasteiger partial charge in [-0.1, -0.05) is 30.3 Å². The number of para-hydroxylation sites is 1. The van der Waals surface area contributed by atoms with Crippen LogP contribution in [-0.4, -0.2) is 16.8 Å². The lowest BCUT2D eigenvalue weighted by Crippen LogP contribution is -2.36. The minimum atomic E-state index is 0.000674. The number of amides is 1. The van der Waals surface area contributed by atoms with Crippen molar-refractivity contribution in [1.29, 1.82) is 0 Å². The minimum Gasteiger partial charge on any atom is -0.398 e. The number of rotatable bonds is 4. The van der Waals surface area contributed by atoms with Crippen LogP contribution in [0.5, 0.6) is 0 Å². The molecule has 3 nitrogen and oxygen atoms in total. The molecule has 21 heavy (non-hydrogen) atoms. The average Bonchev–Trinajstić information content (AvgIpc) is 2.46. The normalized spacial score (nSPS) is 10.7. The molecule has 0 radical (unpaired) electrons. The lowest BCUT2D eigenvalue weighted by atomic mass is 10.1. The zero-order valence-corrected chi connectivity index (χ0v) is 13.8. The largest absolute Gasteiger partial charge is 0.398 e. The van der Waals surface area contributed by atoms with Crippen molar-refractivity contribution in [3.05, 3.63) is 64.1 Å². The first-order valence-electron chi connectivity index (χ1n) is 6.89. The van der Waals surface area contributed by atoms with E-state index >= 15 is 0 Å². The first-order chi connectivity index (χ1) is 10.0. The van der Waals surface area contributed by atoms with E-state index in [1.54, 1.807) is 0 Å². The van der Waals surface area contributed by atoms with Crippen molar-refractivity contribution in [1.82, 2.24) is 4.90 Å². The zero-order valence-electron chi connectivity index (χ0n) is 12.2. The highest BCUT2D eigenvalue weighted by Crippen LogP contribution is 2.22. The number of nitrogen functional groups attached to an aromatic ring is 1. The highest BCUT2D eigenvalue weighted by molar-refractivity contribution is 9.10. The molecule has 1 amide bonds.